The summed E-state index contributed by atoms with van der Waals surface area (Å²) in [5.74, 6) is 2.33. The Balaban J connectivity index is 2.54. The summed E-state index contributed by atoms with van der Waals surface area (Å²) in [5.41, 5.74) is 0. The third-order valence-corrected chi connectivity index (χ3v) is 3.35. The fourth-order valence-corrected chi connectivity index (χ4v) is 2.45. The van der Waals surface area contributed by atoms with Gasteiger partial charge in [-0.1, -0.05) is 33.3 Å². The molecule has 3 atom stereocenters. The summed E-state index contributed by atoms with van der Waals surface area (Å²) in [4.78, 5) is 0. The van der Waals surface area contributed by atoms with Crippen LogP contribution in [-0.2, 0) is 4.74 Å². The van der Waals surface area contributed by atoms with E-state index >= 15 is 0 Å². The Hall–Kier alpha value is -0.460. The molecule has 0 saturated heterocycles. The van der Waals surface area contributed by atoms with Crippen molar-refractivity contribution < 1.29 is 4.74 Å². The van der Waals surface area contributed by atoms with Crippen molar-refractivity contribution in [3.63, 3.8) is 0 Å². The van der Waals surface area contributed by atoms with Crippen LogP contribution in [0.15, 0.2) is 12.3 Å². The van der Waals surface area contributed by atoms with E-state index in [0.29, 0.717) is 6.10 Å². The molecule has 1 saturated carbocycles. The Labute approximate surface area is 88.5 Å². The molecule has 1 nitrogen and oxygen atoms in total. The van der Waals surface area contributed by atoms with Crippen LogP contribution >= 0.6 is 0 Å². The average molecular weight is 196 g/mol. The summed E-state index contributed by atoms with van der Waals surface area (Å²) in [6.45, 7) is 8.97. The van der Waals surface area contributed by atoms with E-state index in [-0.39, 0.29) is 0 Å². The summed E-state index contributed by atoms with van der Waals surface area (Å²) in [6, 6.07) is 0. The van der Waals surface area contributed by atoms with Gasteiger partial charge < -0.3 is 4.74 Å². The van der Waals surface area contributed by atoms with Gasteiger partial charge in [0.2, 0.25) is 0 Å². The molecule has 0 aromatic carbocycles. The average Bonchev–Trinajstić information content (AvgIpc) is 2.14. The van der Waals surface area contributed by atoms with Gasteiger partial charge in [-0.3, -0.25) is 0 Å². The lowest BCUT2D eigenvalue weighted by Crippen LogP contribution is -2.33. The third-order valence-electron chi connectivity index (χ3n) is 3.35. The number of hydrogen-bond donors (Lipinski definition) is 0. The van der Waals surface area contributed by atoms with Gasteiger partial charge in [-0.25, -0.2) is 0 Å². The fraction of sp³-hybridized carbons (Fsp3) is 0.846. The van der Waals surface area contributed by atoms with Crippen LogP contribution < -0.4 is 0 Å². The molecule has 1 aliphatic carbocycles. The van der Waals surface area contributed by atoms with Crippen molar-refractivity contribution in [3.05, 3.63) is 12.3 Å². The second-order valence-electron chi connectivity index (χ2n) is 4.97. The van der Waals surface area contributed by atoms with Gasteiger partial charge >= 0.3 is 0 Å². The van der Waals surface area contributed by atoms with Crippen molar-refractivity contribution in [2.24, 2.45) is 17.8 Å². The lowest BCUT2D eigenvalue weighted by molar-refractivity contribution is 0.0135. The number of allylic oxidation sites excluding steroid dienone is 1. The van der Waals surface area contributed by atoms with Crippen molar-refractivity contribution in [3.8, 4) is 0 Å². The fourth-order valence-electron chi connectivity index (χ4n) is 2.45. The van der Waals surface area contributed by atoms with Crippen LogP contribution in [0.4, 0.5) is 0 Å². The molecule has 0 heterocycles. The van der Waals surface area contributed by atoms with E-state index in [2.05, 4.69) is 20.8 Å². The molecular weight excluding hydrogens is 172 g/mol. The van der Waals surface area contributed by atoms with E-state index < -0.39 is 0 Å². The summed E-state index contributed by atoms with van der Waals surface area (Å²) >= 11 is 0. The molecule has 82 valence electrons. The molecule has 0 aromatic rings. The van der Waals surface area contributed by atoms with Gasteiger partial charge in [-0.15, -0.1) is 0 Å². The van der Waals surface area contributed by atoms with Gasteiger partial charge in [0.05, 0.1) is 6.26 Å². The highest BCUT2D eigenvalue weighted by Gasteiger charge is 2.31. The van der Waals surface area contributed by atoms with Gasteiger partial charge in [-0.05, 0) is 37.5 Å². The van der Waals surface area contributed by atoms with Crippen LogP contribution in [0.1, 0.15) is 47.0 Å². The first kappa shape index (κ1) is 11.6. The molecule has 0 unspecified atom stereocenters. The molecule has 0 aromatic heterocycles. The smallest absolute Gasteiger partial charge is 0.101 e. The molecule has 0 N–H and O–H groups in total. The van der Waals surface area contributed by atoms with Gasteiger partial charge in [0.1, 0.15) is 6.10 Å². The Morgan fingerprint density at radius 1 is 1.29 bits per heavy atom. The molecule has 0 radical (unpaired) electrons. The zero-order chi connectivity index (χ0) is 10.6. The highest BCUT2D eigenvalue weighted by molar-refractivity contribution is 4.83. The maximum Gasteiger partial charge on any atom is 0.101 e. The standard InChI is InChI=1S/C13H24O/c1-5-8-14-13-9-11(4)6-7-12(13)10(2)3/h5,8,10-13H,6-7,9H2,1-4H3/b8-5-/t11-,12+,13-/m1/s1. The first-order chi connectivity index (χ1) is 6.65. The molecule has 0 bridgehead atoms. The van der Waals surface area contributed by atoms with Crippen LogP contribution in [0.3, 0.4) is 0 Å². The summed E-state index contributed by atoms with van der Waals surface area (Å²) in [5, 5.41) is 0. The van der Waals surface area contributed by atoms with Crippen LogP contribution in [-0.4, -0.2) is 6.10 Å². The first-order valence-electron chi connectivity index (χ1n) is 5.91. The minimum Gasteiger partial charge on any atom is -0.498 e. The third kappa shape index (κ3) is 3.04. The van der Waals surface area contributed by atoms with Crippen LogP contribution in [0, 0.1) is 17.8 Å². The van der Waals surface area contributed by atoms with Gasteiger partial charge in [0.25, 0.3) is 0 Å². The minimum absolute atomic E-state index is 0.454. The lowest BCUT2D eigenvalue weighted by atomic mass is 9.75. The van der Waals surface area contributed by atoms with E-state index in [9.17, 15) is 0 Å². The zero-order valence-corrected chi connectivity index (χ0v) is 9.99. The molecule has 14 heavy (non-hydrogen) atoms. The van der Waals surface area contributed by atoms with E-state index in [1.807, 2.05) is 19.3 Å². The van der Waals surface area contributed by atoms with Crippen LogP contribution in [0.25, 0.3) is 0 Å². The Kier molecular flexibility index (Phi) is 4.50. The van der Waals surface area contributed by atoms with E-state index in [1.165, 1.54) is 19.3 Å². The number of hydrogen-bond acceptors (Lipinski definition) is 1. The van der Waals surface area contributed by atoms with E-state index in [1.54, 1.807) is 0 Å². The molecule has 1 aliphatic rings. The van der Waals surface area contributed by atoms with Gasteiger partial charge in [-0.2, -0.15) is 0 Å². The summed E-state index contributed by atoms with van der Waals surface area (Å²) < 4.78 is 5.80. The number of ether oxygens (including phenoxy) is 1. The Morgan fingerprint density at radius 2 is 2.00 bits per heavy atom. The summed E-state index contributed by atoms with van der Waals surface area (Å²) in [6.07, 6.45) is 8.23. The minimum atomic E-state index is 0.454. The molecule has 0 spiro atoms. The first-order valence-corrected chi connectivity index (χ1v) is 5.91. The quantitative estimate of drug-likeness (QED) is 0.620. The van der Waals surface area contributed by atoms with Crippen molar-refractivity contribution >= 4 is 0 Å². The SMILES string of the molecule is C/C=C\O[C@@H]1C[C@H](C)CC[C@H]1C(C)C. The maximum atomic E-state index is 5.80. The molecule has 0 amide bonds. The van der Waals surface area contributed by atoms with E-state index in [4.69, 9.17) is 4.74 Å². The normalized spacial score (nSPS) is 33.9. The predicted molar refractivity (Wildman–Crippen MR) is 61.0 cm³/mol. The zero-order valence-electron chi connectivity index (χ0n) is 9.99. The molecule has 1 rings (SSSR count). The molecule has 1 fully saturated rings. The van der Waals surface area contributed by atoms with Crippen molar-refractivity contribution in [1.29, 1.82) is 0 Å². The highest BCUT2D eigenvalue weighted by Crippen LogP contribution is 2.35. The highest BCUT2D eigenvalue weighted by atomic mass is 16.5. The molecule has 1 heteroatoms. The molecule has 0 aliphatic heterocycles. The van der Waals surface area contributed by atoms with Crippen LogP contribution in [0.5, 0.6) is 0 Å². The van der Waals surface area contributed by atoms with Crippen molar-refractivity contribution in [2.45, 2.75) is 53.1 Å². The van der Waals surface area contributed by atoms with Gasteiger partial charge in [0.15, 0.2) is 0 Å². The Morgan fingerprint density at radius 3 is 2.57 bits per heavy atom. The topological polar surface area (TPSA) is 9.23 Å². The number of rotatable bonds is 3. The lowest BCUT2D eigenvalue weighted by Gasteiger charge is -2.36. The van der Waals surface area contributed by atoms with Crippen molar-refractivity contribution in [1.82, 2.24) is 0 Å². The predicted octanol–water partition coefficient (Wildman–Crippen LogP) is 4.00. The van der Waals surface area contributed by atoms with Gasteiger partial charge in [0, 0.05) is 0 Å². The summed E-state index contributed by atoms with van der Waals surface area (Å²) in [7, 11) is 0. The molecular formula is C13H24O. The van der Waals surface area contributed by atoms with E-state index in [0.717, 1.165) is 17.8 Å². The monoisotopic (exact) mass is 196 g/mol. The maximum absolute atomic E-state index is 5.80. The largest absolute Gasteiger partial charge is 0.498 e. The second kappa shape index (κ2) is 5.43. The second-order valence-corrected chi connectivity index (χ2v) is 4.97. The van der Waals surface area contributed by atoms with Crippen molar-refractivity contribution in [2.75, 3.05) is 0 Å². The van der Waals surface area contributed by atoms with Crippen LogP contribution in [0.2, 0.25) is 0 Å². The Bertz CT molecular complexity index is 184.